The van der Waals surface area contributed by atoms with Crippen LogP contribution >= 0.6 is 11.3 Å². The van der Waals surface area contributed by atoms with Gasteiger partial charge in [0.2, 0.25) is 5.95 Å². The third kappa shape index (κ3) is 3.73. The van der Waals surface area contributed by atoms with Crippen molar-refractivity contribution in [3.63, 3.8) is 0 Å². The Morgan fingerprint density at radius 2 is 2.22 bits per heavy atom. The Kier molecular flexibility index (Phi) is 3.55. The number of aromatic nitrogens is 3. The number of anilines is 1. The molecule has 2 heterocycles. The van der Waals surface area contributed by atoms with Crippen LogP contribution in [0.4, 0.5) is 19.1 Å². The van der Waals surface area contributed by atoms with Gasteiger partial charge in [0.05, 0.1) is 0 Å². The van der Waals surface area contributed by atoms with Crippen molar-refractivity contribution in [3.8, 4) is 0 Å². The minimum atomic E-state index is -4.28. The summed E-state index contributed by atoms with van der Waals surface area (Å²) in [7, 11) is 0. The zero-order valence-electron chi connectivity index (χ0n) is 9.53. The molecule has 0 bridgehead atoms. The minimum Gasteiger partial charge on any atom is -0.349 e. The molecular formula is C10H11F3N4S. The normalized spacial score (nSPS) is 11.8. The van der Waals surface area contributed by atoms with Gasteiger partial charge in [0.1, 0.15) is 12.9 Å². The van der Waals surface area contributed by atoms with Gasteiger partial charge in [-0.15, -0.1) is 16.4 Å². The van der Waals surface area contributed by atoms with E-state index in [1.807, 2.05) is 18.4 Å². The third-order valence-electron chi connectivity index (χ3n) is 2.11. The number of hydrogen-bond donors (Lipinski definition) is 1. The first-order valence-electron chi connectivity index (χ1n) is 5.16. The monoisotopic (exact) mass is 276 g/mol. The van der Waals surface area contributed by atoms with Gasteiger partial charge in [-0.3, -0.25) is 0 Å². The smallest absolute Gasteiger partial charge is 0.349 e. The van der Waals surface area contributed by atoms with Gasteiger partial charge in [-0.05, 0) is 23.9 Å². The highest BCUT2D eigenvalue weighted by Gasteiger charge is 2.28. The molecular weight excluding hydrogens is 265 g/mol. The first-order chi connectivity index (χ1) is 8.42. The van der Waals surface area contributed by atoms with Crippen LogP contribution in [0.2, 0.25) is 0 Å². The second-order valence-corrected chi connectivity index (χ2v) is 4.92. The molecule has 18 heavy (non-hydrogen) atoms. The highest BCUT2D eigenvalue weighted by Crippen LogP contribution is 2.17. The van der Waals surface area contributed by atoms with Gasteiger partial charge in [0.25, 0.3) is 0 Å². The molecule has 1 N–H and O–H groups in total. The van der Waals surface area contributed by atoms with Crippen molar-refractivity contribution in [1.29, 1.82) is 0 Å². The van der Waals surface area contributed by atoms with Crippen LogP contribution in [0.25, 0.3) is 0 Å². The van der Waals surface area contributed by atoms with Gasteiger partial charge in [0, 0.05) is 11.4 Å². The fourth-order valence-corrected chi connectivity index (χ4v) is 2.12. The van der Waals surface area contributed by atoms with Crippen molar-refractivity contribution in [2.24, 2.45) is 0 Å². The molecule has 8 heteroatoms. The summed E-state index contributed by atoms with van der Waals surface area (Å²) in [5, 5.41) is 8.55. The van der Waals surface area contributed by atoms with E-state index in [0.717, 1.165) is 16.6 Å². The minimum absolute atomic E-state index is 0.197. The van der Waals surface area contributed by atoms with Crippen LogP contribution in [0.3, 0.4) is 0 Å². The molecule has 0 unspecified atom stereocenters. The van der Waals surface area contributed by atoms with Crippen molar-refractivity contribution in [3.05, 3.63) is 28.2 Å². The number of nitrogens with zero attached hydrogens (tertiary/aromatic N) is 3. The molecule has 4 nitrogen and oxygen atoms in total. The molecule has 0 spiro atoms. The van der Waals surface area contributed by atoms with Crippen molar-refractivity contribution in [2.45, 2.75) is 26.2 Å². The highest BCUT2D eigenvalue weighted by atomic mass is 32.1. The Morgan fingerprint density at radius 3 is 2.83 bits per heavy atom. The van der Waals surface area contributed by atoms with Gasteiger partial charge in [-0.1, -0.05) is 0 Å². The van der Waals surface area contributed by atoms with E-state index in [4.69, 9.17) is 0 Å². The highest BCUT2D eigenvalue weighted by molar-refractivity contribution is 7.10. The quantitative estimate of drug-likeness (QED) is 0.933. The fourth-order valence-electron chi connectivity index (χ4n) is 1.41. The molecule has 0 aliphatic heterocycles. The van der Waals surface area contributed by atoms with Gasteiger partial charge < -0.3 is 5.32 Å². The molecule has 0 aliphatic rings. The summed E-state index contributed by atoms with van der Waals surface area (Å²) >= 11 is 1.62. The van der Waals surface area contributed by atoms with E-state index in [-0.39, 0.29) is 5.95 Å². The summed E-state index contributed by atoms with van der Waals surface area (Å²) in [6, 6.07) is 2.00. The zero-order valence-corrected chi connectivity index (χ0v) is 10.3. The second kappa shape index (κ2) is 4.97. The van der Waals surface area contributed by atoms with Crippen LogP contribution < -0.4 is 5.32 Å². The Bertz CT molecular complexity index is 517. The number of nitrogens with one attached hydrogen (secondary N) is 1. The molecule has 0 fully saturated rings. The first kappa shape index (κ1) is 12.9. The molecule has 98 valence electrons. The molecule has 0 amide bonds. The Hall–Kier alpha value is -1.57. The van der Waals surface area contributed by atoms with Crippen LogP contribution in [0.5, 0.6) is 0 Å². The number of halogens is 3. The van der Waals surface area contributed by atoms with Crippen LogP contribution in [0, 0.1) is 6.92 Å². The SMILES string of the molecule is Cc1cc(CNc2ncn(CC(F)(F)F)n2)cs1. The number of aryl methyl sites for hydroxylation is 1. The lowest BCUT2D eigenvalue weighted by Crippen LogP contribution is -2.18. The molecule has 2 rings (SSSR count). The van der Waals surface area contributed by atoms with Gasteiger partial charge >= 0.3 is 6.18 Å². The third-order valence-corrected chi connectivity index (χ3v) is 3.02. The summed E-state index contributed by atoms with van der Waals surface area (Å²) in [5.74, 6) is 0.197. The van der Waals surface area contributed by atoms with E-state index in [1.54, 1.807) is 11.3 Å². The van der Waals surface area contributed by atoms with Gasteiger partial charge in [0.15, 0.2) is 0 Å². The maximum Gasteiger partial charge on any atom is 0.408 e. The molecule has 0 atom stereocenters. The largest absolute Gasteiger partial charge is 0.408 e. The molecule has 0 saturated heterocycles. The summed E-state index contributed by atoms with van der Waals surface area (Å²) in [6.45, 7) is 1.37. The molecule has 2 aromatic rings. The predicted molar refractivity (Wildman–Crippen MR) is 62.5 cm³/mol. The van der Waals surface area contributed by atoms with Gasteiger partial charge in [-0.2, -0.15) is 13.2 Å². The average molecular weight is 276 g/mol. The summed E-state index contributed by atoms with van der Waals surface area (Å²) < 4.78 is 37.1. The van der Waals surface area contributed by atoms with E-state index in [9.17, 15) is 13.2 Å². The van der Waals surface area contributed by atoms with E-state index in [2.05, 4.69) is 15.4 Å². The average Bonchev–Trinajstić information content (AvgIpc) is 2.82. The van der Waals surface area contributed by atoms with Crippen molar-refractivity contribution >= 4 is 17.3 Å². The van der Waals surface area contributed by atoms with E-state index in [0.29, 0.717) is 6.54 Å². The van der Waals surface area contributed by atoms with Crippen molar-refractivity contribution < 1.29 is 13.2 Å². The summed E-state index contributed by atoms with van der Waals surface area (Å²) in [6.07, 6.45) is -3.22. The van der Waals surface area contributed by atoms with Crippen LogP contribution in [-0.2, 0) is 13.1 Å². The molecule has 0 saturated carbocycles. The van der Waals surface area contributed by atoms with Crippen LogP contribution in [0.1, 0.15) is 10.4 Å². The Labute approximate surface area is 105 Å². The predicted octanol–water partition coefficient (Wildman–Crippen LogP) is 2.82. The summed E-state index contributed by atoms with van der Waals surface area (Å²) in [5.41, 5.74) is 1.06. The van der Waals surface area contributed by atoms with Crippen molar-refractivity contribution in [1.82, 2.24) is 14.8 Å². The first-order valence-corrected chi connectivity index (χ1v) is 6.04. The number of rotatable bonds is 4. The maximum absolute atomic E-state index is 12.1. The lowest BCUT2D eigenvalue weighted by Gasteiger charge is -2.04. The second-order valence-electron chi connectivity index (χ2n) is 3.80. The van der Waals surface area contributed by atoms with E-state index < -0.39 is 12.7 Å². The fraction of sp³-hybridized carbons (Fsp3) is 0.400. The Morgan fingerprint density at radius 1 is 1.44 bits per heavy atom. The lowest BCUT2D eigenvalue weighted by molar-refractivity contribution is -0.142. The van der Waals surface area contributed by atoms with Gasteiger partial charge in [-0.25, -0.2) is 9.67 Å². The molecule has 0 aliphatic carbocycles. The van der Waals surface area contributed by atoms with Crippen molar-refractivity contribution in [2.75, 3.05) is 5.32 Å². The molecule has 0 aromatic carbocycles. The topological polar surface area (TPSA) is 42.7 Å². The molecule has 0 radical (unpaired) electrons. The number of thiophene rings is 1. The molecule has 2 aromatic heterocycles. The Balaban J connectivity index is 1.91. The van der Waals surface area contributed by atoms with Crippen LogP contribution in [-0.4, -0.2) is 20.9 Å². The number of hydrogen-bond acceptors (Lipinski definition) is 4. The standard InChI is InChI=1S/C10H11F3N4S/c1-7-2-8(4-18-7)3-14-9-15-6-17(16-9)5-10(11,12)13/h2,4,6H,3,5H2,1H3,(H,14,16). The van der Waals surface area contributed by atoms with Crippen LogP contribution in [0.15, 0.2) is 17.8 Å². The zero-order chi connectivity index (χ0) is 13.2. The van der Waals surface area contributed by atoms with E-state index in [1.165, 1.54) is 4.88 Å². The lowest BCUT2D eigenvalue weighted by atomic mass is 10.3. The maximum atomic E-state index is 12.1. The summed E-state index contributed by atoms with van der Waals surface area (Å²) in [4.78, 5) is 4.95. The number of alkyl halides is 3. The van der Waals surface area contributed by atoms with E-state index >= 15 is 0 Å².